The van der Waals surface area contributed by atoms with Crippen molar-refractivity contribution in [1.29, 1.82) is 0 Å². The lowest BCUT2D eigenvalue weighted by Gasteiger charge is -2.20. The lowest BCUT2D eigenvalue weighted by atomic mass is 10.0. The van der Waals surface area contributed by atoms with E-state index in [0.29, 0.717) is 0 Å². The van der Waals surface area contributed by atoms with E-state index in [1.165, 1.54) is 65.7 Å². The number of unbranched alkanes of at least 4 members (excludes halogenated alkanes) is 3. The third-order valence-electron chi connectivity index (χ3n) is 5.28. The van der Waals surface area contributed by atoms with E-state index < -0.39 is 0 Å². The Balaban J connectivity index is 1.65. The van der Waals surface area contributed by atoms with Gasteiger partial charge in [-0.25, -0.2) is 0 Å². The molecule has 27 heavy (non-hydrogen) atoms. The van der Waals surface area contributed by atoms with Gasteiger partial charge in [-0.2, -0.15) is 0 Å². The summed E-state index contributed by atoms with van der Waals surface area (Å²) in [6.45, 7) is 4.38. The largest absolute Gasteiger partial charge is 0.345 e. The number of anilines is 2. The Kier molecular flexibility index (Phi) is 6.70. The SMILES string of the molecule is CCCCCCc1ccc(-c2ccc(N(C)c3ccc(C)cc3)cc2)cc1. The molecule has 3 rings (SSSR count). The van der Waals surface area contributed by atoms with Crippen LogP contribution in [0.1, 0.15) is 43.7 Å². The highest BCUT2D eigenvalue weighted by atomic mass is 15.1. The van der Waals surface area contributed by atoms with Crippen LogP contribution in [0.4, 0.5) is 11.4 Å². The van der Waals surface area contributed by atoms with Gasteiger partial charge in [0.25, 0.3) is 0 Å². The van der Waals surface area contributed by atoms with Crippen LogP contribution in [0.5, 0.6) is 0 Å². The van der Waals surface area contributed by atoms with Gasteiger partial charge in [0, 0.05) is 18.4 Å². The number of rotatable bonds is 8. The minimum atomic E-state index is 1.20. The van der Waals surface area contributed by atoms with Gasteiger partial charge in [-0.1, -0.05) is 80.3 Å². The van der Waals surface area contributed by atoms with Crippen LogP contribution >= 0.6 is 0 Å². The number of hydrogen-bond donors (Lipinski definition) is 0. The quantitative estimate of drug-likeness (QED) is 0.376. The van der Waals surface area contributed by atoms with Crippen LogP contribution in [0.2, 0.25) is 0 Å². The van der Waals surface area contributed by atoms with Gasteiger partial charge in [0.1, 0.15) is 0 Å². The Labute approximate surface area is 164 Å². The Bertz CT molecular complexity index is 814. The first-order chi connectivity index (χ1) is 13.2. The molecule has 3 aromatic carbocycles. The molecule has 0 aliphatic carbocycles. The van der Waals surface area contributed by atoms with Crippen molar-refractivity contribution in [3.63, 3.8) is 0 Å². The molecule has 0 saturated carbocycles. The molecule has 0 N–H and O–H groups in total. The van der Waals surface area contributed by atoms with Crippen LogP contribution < -0.4 is 4.90 Å². The van der Waals surface area contributed by atoms with Crippen molar-refractivity contribution in [2.45, 2.75) is 46.0 Å². The summed E-state index contributed by atoms with van der Waals surface area (Å²) in [6.07, 6.45) is 6.48. The van der Waals surface area contributed by atoms with Crippen LogP contribution in [0.25, 0.3) is 11.1 Å². The third-order valence-corrected chi connectivity index (χ3v) is 5.28. The van der Waals surface area contributed by atoms with Crippen LogP contribution in [0.3, 0.4) is 0 Å². The van der Waals surface area contributed by atoms with Crippen molar-refractivity contribution < 1.29 is 0 Å². The van der Waals surface area contributed by atoms with E-state index in [1.807, 2.05) is 0 Å². The highest BCUT2D eigenvalue weighted by Gasteiger charge is 2.05. The van der Waals surface area contributed by atoms with Crippen molar-refractivity contribution in [2.75, 3.05) is 11.9 Å². The van der Waals surface area contributed by atoms with Crippen LogP contribution in [-0.4, -0.2) is 7.05 Å². The number of aryl methyl sites for hydroxylation is 2. The monoisotopic (exact) mass is 357 g/mol. The summed E-state index contributed by atoms with van der Waals surface area (Å²) in [5.74, 6) is 0. The smallest absolute Gasteiger partial charge is 0.0408 e. The third kappa shape index (κ3) is 5.23. The molecule has 0 amide bonds. The summed E-state index contributed by atoms with van der Waals surface area (Å²) in [5, 5.41) is 0. The second-order valence-electron chi connectivity index (χ2n) is 7.45. The molecule has 3 aromatic rings. The summed E-state index contributed by atoms with van der Waals surface area (Å²) in [6, 6.07) is 26.6. The summed E-state index contributed by atoms with van der Waals surface area (Å²) in [4.78, 5) is 2.22. The van der Waals surface area contributed by atoms with Crippen molar-refractivity contribution in [1.82, 2.24) is 0 Å². The first-order valence-corrected chi connectivity index (χ1v) is 10.2. The Morgan fingerprint density at radius 1 is 0.630 bits per heavy atom. The molecule has 0 bridgehead atoms. The predicted octanol–water partition coefficient (Wildman–Crippen LogP) is 7.55. The van der Waals surface area contributed by atoms with E-state index in [-0.39, 0.29) is 0 Å². The predicted molar refractivity (Wildman–Crippen MR) is 119 cm³/mol. The maximum atomic E-state index is 2.29. The average Bonchev–Trinajstić information content (AvgIpc) is 2.72. The topological polar surface area (TPSA) is 3.24 Å². The van der Waals surface area contributed by atoms with Crippen LogP contribution in [0.15, 0.2) is 72.8 Å². The maximum absolute atomic E-state index is 2.29. The second-order valence-corrected chi connectivity index (χ2v) is 7.45. The van der Waals surface area contributed by atoms with E-state index in [0.717, 1.165) is 0 Å². The Hall–Kier alpha value is -2.54. The van der Waals surface area contributed by atoms with Crippen molar-refractivity contribution >= 4 is 11.4 Å². The number of hydrogen-bond acceptors (Lipinski definition) is 1. The number of nitrogens with zero attached hydrogens (tertiary/aromatic N) is 1. The maximum Gasteiger partial charge on any atom is 0.0408 e. The minimum absolute atomic E-state index is 1.20. The van der Waals surface area contributed by atoms with Gasteiger partial charge >= 0.3 is 0 Å². The summed E-state index contributed by atoms with van der Waals surface area (Å²) >= 11 is 0. The molecule has 0 spiro atoms. The Morgan fingerprint density at radius 2 is 1.15 bits per heavy atom. The summed E-state index contributed by atoms with van der Waals surface area (Å²) in [7, 11) is 2.12. The van der Waals surface area contributed by atoms with Gasteiger partial charge in [0.05, 0.1) is 0 Å². The van der Waals surface area contributed by atoms with E-state index in [9.17, 15) is 0 Å². The molecule has 140 valence electrons. The molecule has 0 fully saturated rings. The molecular weight excluding hydrogens is 326 g/mol. The normalized spacial score (nSPS) is 10.8. The van der Waals surface area contributed by atoms with E-state index in [4.69, 9.17) is 0 Å². The number of benzene rings is 3. The second kappa shape index (κ2) is 9.41. The van der Waals surface area contributed by atoms with Gasteiger partial charge in [-0.15, -0.1) is 0 Å². The molecular formula is C26H31N. The van der Waals surface area contributed by atoms with E-state index in [1.54, 1.807) is 0 Å². The molecule has 0 radical (unpaired) electrons. The summed E-state index contributed by atoms with van der Waals surface area (Å²) < 4.78 is 0. The van der Waals surface area contributed by atoms with Crippen LogP contribution in [0, 0.1) is 6.92 Å². The van der Waals surface area contributed by atoms with E-state index in [2.05, 4.69) is 98.6 Å². The van der Waals surface area contributed by atoms with Crippen molar-refractivity contribution in [3.8, 4) is 11.1 Å². The van der Waals surface area contributed by atoms with Gasteiger partial charge in [-0.3, -0.25) is 0 Å². The minimum Gasteiger partial charge on any atom is -0.345 e. The molecule has 0 heterocycles. The zero-order valence-corrected chi connectivity index (χ0v) is 16.9. The fraction of sp³-hybridized carbons (Fsp3) is 0.308. The average molecular weight is 358 g/mol. The van der Waals surface area contributed by atoms with E-state index >= 15 is 0 Å². The Morgan fingerprint density at radius 3 is 1.70 bits per heavy atom. The lowest BCUT2D eigenvalue weighted by molar-refractivity contribution is 0.667. The zero-order chi connectivity index (χ0) is 19.1. The van der Waals surface area contributed by atoms with Crippen LogP contribution in [-0.2, 0) is 6.42 Å². The van der Waals surface area contributed by atoms with Gasteiger partial charge in [-0.05, 0) is 60.7 Å². The zero-order valence-electron chi connectivity index (χ0n) is 16.9. The standard InChI is InChI=1S/C26H31N/c1-4-5-6-7-8-22-11-13-23(14-12-22)24-15-19-26(20-16-24)27(3)25-17-9-21(2)10-18-25/h9-20H,4-8H2,1-3H3. The van der Waals surface area contributed by atoms with Crippen molar-refractivity contribution in [2.24, 2.45) is 0 Å². The molecule has 0 unspecified atom stereocenters. The first-order valence-electron chi connectivity index (χ1n) is 10.2. The molecule has 0 aromatic heterocycles. The van der Waals surface area contributed by atoms with Crippen molar-refractivity contribution in [3.05, 3.63) is 83.9 Å². The highest BCUT2D eigenvalue weighted by molar-refractivity contribution is 5.69. The first kappa shape index (κ1) is 19.2. The van der Waals surface area contributed by atoms with Gasteiger partial charge < -0.3 is 4.90 Å². The highest BCUT2D eigenvalue weighted by Crippen LogP contribution is 2.27. The molecule has 0 saturated heterocycles. The van der Waals surface area contributed by atoms with Gasteiger partial charge in [0.2, 0.25) is 0 Å². The molecule has 0 aliphatic heterocycles. The molecule has 1 heteroatoms. The lowest BCUT2D eigenvalue weighted by Crippen LogP contribution is -2.08. The van der Waals surface area contributed by atoms with Gasteiger partial charge in [0.15, 0.2) is 0 Å². The fourth-order valence-electron chi connectivity index (χ4n) is 3.41. The molecule has 1 nitrogen and oxygen atoms in total. The fourth-order valence-corrected chi connectivity index (χ4v) is 3.41. The molecule has 0 aliphatic rings. The summed E-state index contributed by atoms with van der Waals surface area (Å²) in [5.41, 5.74) is 7.71. The molecule has 0 atom stereocenters.